The highest BCUT2D eigenvalue weighted by atomic mass is 19.4. The van der Waals surface area contributed by atoms with Gasteiger partial charge in [0.2, 0.25) is 0 Å². The van der Waals surface area contributed by atoms with Crippen molar-refractivity contribution in [2.24, 2.45) is 0 Å². The lowest BCUT2D eigenvalue weighted by Crippen LogP contribution is -2.06. The maximum Gasteiger partial charge on any atom is 0.416 e. The zero-order valence-corrected chi connectivity index (χ0v) is 8.44. The van der Waals surface area contributed by atoms with Gasteiger partial charge in [0.25, 0.3) is 5.69 Å². The van der Waals surface area contributed by atoms with Crippen LogP contribution in [0.1, 0.15) is 11.1 Å². The molecule has 0 heterocycles. The van der Waals surface area contributed by atoms with Crippen LogP contribution in [0.5, 0.6) is 0 Å². The second-order valence-electron chi connectivity index (χ2n) is 3.11. The summed E-state index contributed by atoms with van der Waals surface area (Å²) in [4.78, 5) is 9.71. The maximum absolute atomic E-state index is 12.3. The quantitative estimate of drug-likeness (QED) is 0.659. The molecule has 1 aromatic carbocycles. The first-order chi connectivity index (χ1) is 7.86. The van der Waals surface area contributed by atoms with Crippen LogP contribution in [0, 0.1) is 10.1 Å². The molecule has 0 aliphatic rings. The minimum Gasteiger partial charge on any atom is -0.392 e. The Bertz CT molecular complexity index is 455. The van der Waals surface area contributed by atoms with Gasteiger partial charge in [-0.3, -0.25) is 10.1 Å². The Hall–Kier alpha value is -1.89. The van der Waals surface area contributed by atoms with Gasteiger partial charge < -0.3 is 5.11 Å². The predicted molar refractivity (Wildman–Crippen MR) is 54.2 cm³/mol. The van der Waals surface area contributed by atoms with Crippen molar-refractivity contribution < 1.29 is 23.2 Å². The van der Waals surface area contributed by atoms with E-state index in [9.17, 15) is 23.3 Å². The summed E-state index contributed by atoms with van der Waals surface area (Å²) in [7, 11) is 0. The molecule has 0 amide bonds. The number of nitro benzene ring substituents is 1. The Morgan fingerprint density at radius 3 is 2.53 bits per heavy atom. The van der Waals surface area contributed by atoms with Crippen LogP contribution in [0.15, 0.2) is 24.3 Å². The van der Waals surface area contributed by atoms with Gasteiger partial charge >= 0.3 is 6.18 Å². The summed E-state index contributed by atoms with van der Waals surface area (Å²) in [6.07, 6.45) is -2.22. The van der Waals surface area contributed by atoms with E-state index in [0.717, 1.165) is 12.1 Å². The van der Waals surface area contributed by atoms with E-state index >= 15 is 0 Å². The number of nitro groups is 1. The Labute approximate surface area is 94.1 Å². The van der Waals surface area contributed by atoms with E-state index in [1.165, 1.54) is 12.2 Å². The monoisotopic (exact) mass is 247 g/mol. The lowest BCUT2D eigenvalue weighted by atomic mass is 10.1. The summed E-state index contributed by atoms with van der Waals surface area (Å²) in [5, 5.41) is 19.1. The van der Waals surface area contributed by atoms with Gasteiger partial charge in [0.15, 0.2) is 0 Å². The molecule has 4 nitrogen and oxygen atoms in total. The van der Waals surface area contributed by atoms with E-state index in [-0.39, 0.29) is 12.2 Å². The number of alkyl halides is 3. The summed E-state index contributed by atoms with van der Waals surface area (Å²) in [5.41, 5.74) is -1.72. The smallest absolute Gasteiger partial charge is 0.392 e. The van der Waals surface area contributed by atoms with Crippen molar-refractivity contribution in [2.75, 3.05) is 6.61 Å². The Balaban J connectivity index is 3.27. The van der Waals surface area contributed by atoms with Gasteiger partial charge in [-0.2, -0.15) is 13.2 Å². The van der Waals surface area contributed by atoms with E-state index in [4.69, 9.17) is 5.11 Å². The first kappa shape index (κ1) is 13.2. The van der Waals surface area contributed by atoms with Crippen LogP contribution < -0.4 is 0 Å². The molecule has 0 radical (unpaired) electrons. The Morgan fingerprint density at radius 1 is 1.41 bits per heavy atom. The maximum atomic E-state index is 12.3. The van der Waals surface area contributed by atoms with Crippen molar-refractivity contribution in [1.29, 1.82) is 0 Å². The van der Waals surface area contributed by atoms with Crippen LogP contribution in [0.2, 0.25) is 0 Å². The van der Waals surface area contributed by atoms with Crippen LogP contribution in [0.4, 0.5) is 18.9 Å². The Morgan fingerprint density at radius 2 is 2.06 bits per heavy atom. The van der Waals surface area contributed by atoms with Crippen LogP contribution >= 0.6 is 0 Å². The van der Waals surface area contributed by atoms with Crippen LogP contribution in [0.25, 0.3) is 6.08 Å². The SMILES string of the molecule is O=[N+]([O-])c1cc(C(F)(F)F)ccc1C=CCO. The summed E-state index contributed by atoms with van der Waals surface area (Å²) in [6.45, 7) is -0.349. The third kappa shape index (κ3) is 3.28. The molecular formula is C10H8F3NO3. The van der Waals surface area contributed by atoms with E-state index in [0.29, 0.717) is 6.07 Å². The normalized spacial score (nSPS) is 12.0. The molecule has 0 bridgehead atoms. The number of hydrogen-bond donors (Lipinski definition) is 1. The van der Waals surface area contributed by atoms with E-state index in [1.54, 1.807) is 0 Å². The number of hydrogen-bond acceptors (Lipinski definition) is 3. The number of aliphatic hydroxyl groups excluding tert-OH is 1. The first-order valence-electron chi connectivity index (χ1n) is 4.49. The fourth-order valence-electron chi connectivity index (χ4n) is 1.20. The molecule has 1 rings (SSSR count). The highest BCUT2D eigenvalue weighted by Crippen LogP contribution is 2.33. The molecule has 0 saturated carbocycles. The van der Waals surface area contributed by atoms with Crippen molar-refractivity contribution in [1.82, 2.24) is 0 Å². The molecule has 0 aliphatic carbocycles. The van der Waals surface area contributed by atoms with Crippen molar-refractivity contribution in [2.45, 2.75) is 6.18 Å². The molecule has 0 aromatic heterocycles. The largest absolute Gasteiger partial charge is 0.416 e. The topological polar surface area (TPSA) is 63.4 Å². The van der Waals surface area contributed by atoms with Crippen LogP contribution in [-0.4, -0.2) is 16.6 Å². The van der Waals surface area contributed by atoms with Gasteiger partial charge in [-0.25, -0.2) is 0 Å². The number of aliphatic hydroxyl groups is 1. The third-order valence-electron chi connectivity index (χ3n) is 1.96. The number of benzene rings is 1. The Kier molecular flexibility index (Phi) is 3.84. The molecule has 7 heteroatoms. The van der Waals surface area contributed by atoms with Gasteiger partial charge in [-0.1, -0.05) is 6.08 Å². The number of halogens is 3. The molecule has 0 spiro atoms. The summed E-state index contributed by atoms with van der Waals surface area (Å²) in [6, 6.07) is 2.22. The molecule has 0 atom stereocenters. The van der Waals surface area contributed by atoms with Gasteiger partial charge in [-0.15, -0.1) is 0 Å². The van der Waals surface area contributed by atoms with Gasteiger partial charge in [-0.05, 0) is 18.2 Å². The molecular weight excluding hydrogens is 239 g/mol. The molecule has 1 N–H and O–H groups in total. The molecule has 0 unspecified atom stereocenters. The summed E-state index contributed by atoms with van der Waals surface area (Å²) >= 11 is 0. The summed E-state index contributed by atoms with van der Waals surface area (Å²) in [5.74, 6) is 0. The second-order valence-corrected chi connectivity index (χ2v) is 3.11. The molecule has 92 valence electrons. The highest BCUT2D eigenvalue weighted by molar-refractivity contribution is 5.62. The van der Waals surface area contributed by atoms with E-state index in [2.05, 4.69) is 0 Å². The summed E-state index contributed by atoms with van der Waals surface area (Å²) < 4.78 is 37.0. The molecule has 1 aromatic rings. The zero-order valence-electron chi connectivity index (χ0n) is 8.44. The van der Waals surface area contributed by atoms with Gasteiger partial charge in [0.1, 0.15) is 0 Å². The third-order valence-corrected chi connectivity index (χ3v) is 1.96. The molecule has 0 saturated heterocycles. The average molecular weight is 247 g/mol. The van der Waals surface area contributed by atoms with Crippen molar-refractivity contribution in [3.63, 3.8) is 0 Å². The zero-order chi connectivity index (χ0) is 13.1. The van der Waals surface area contributed by atoms with Crippen molar-refractivity contribution >= 4 is 11.8 Å². The average Bonchev–Trinajstić information content (AvgIpc) is 2.24. The van der Waals surface area contributed by atoms with Crippen LogP contribution in [-0.2, 0) is 6.18 Å². The second kappa shape index (κ2) is 4.96. The van der Waals surface area contributed by atoms with E-state index < -0.39 is 22.4 Å². The van der Waals surface area contributed by atoms with Gasteiger partial charge in [0, 0.05) is 6.07 Å². The van der Waals surface area contributed by atoms with Gasteiger partial charge in [0.05, 0.1) is 22.7 Å². The fraction of sp³-hybridized carbons (Fsp3) is 0.200. The fourth-order valence-corrected chi connectivity index (χ4v) is 1.20. The van der Waals surface area contributed by atoms with Crippen LogP contribution in [0.3, 0.4) is 0 Å². The van der Waals surface area contributed by atoms with Crippen molar-refractivity contribution in [3.05, 3.63) is 45.5 Å². The minimum atomic E-state index is -4.62. The molecule has 0 fully saturated rings. The van der Waals surface area contributed by atoms with E-state index in [1.807, 2.05) is 0 Å². The van der Waals surface area contributed by atoms with Crippen molar-refractivity contribution in [3.8, 4) is 0 Å². The number of nitrogens with zero attached hydrogens (tertiary/aromatic N) is 1. The number of rotatable bonds is 3. The first-order valence-corrected chi connectivity index (χ1v) is 4.49. The predicted octanol–water partition coefficient (Wildman–Crippen LogP) is 2.62. The molecule has 17 heavy (non-hydrogen) atoms. The molecule has 0 aliphatic heterocycles. The lowest BCUT2D eigenvalue weighted by molar-refractivity contribution is -0.385. The highest BCUT2D eigenvalue weighted by Gasteiger charge is 2.32. The standard InChI is InChI=1S/C10H8F3NO3/c11-10(12,13)8-4-3-7(2-1-5-15)9(6-8)14(16)17/h1-4,6,15H,5H2. The lowest BCUT2D eigenvalue weighted by Gasteiger charge is -2.07. The minimum absolute atomic E-state index is 0.0112.